The lowest BCUT2D eigenvalue weighted by atomic mass is 9.78. The molecule has 4 aromatic rings. The van der Waals surface area contributed by atoms with Crippen molar-refractivity contribution in [2.45, 2.75) is 89.7 Å². The Labute approximate surface area is 386 Å². The van der Waals surface area contributed by atoms with Crippen molar-refractivity contribution < 1.29 is 42.9 Å². The van der Waals surface area contributed by atoms with Crippen LogP contribution in [0.4, 0.5) is 11.6 Å². The number of rotatable bonds is 25. The summed E-state index contributed by atoms with van der Waals surface area (Å²) in [6.45, 7) is 12.4. The molecule has 66 heavy (non-hydrogen) atoms. The number of amides is 4. The highest BCUT2D eigenvalue weighted by Crippen LogP contribution is 2.39. The molecule has 1 spiro atoms. The Kier molecular flexibility index (Phi) is 15.3. The van der Waals surface area contributed by atoms with Crippen molar-refractivity contribution in [3.05, 3.63) is 107 Å². The van der Waals surface area contributed by atoms with Gasteiger partial charge in [-0.3, -0.25) is 29.4 Å². The number of nitrogens with one attached hydrogen (secondary N) is 2. The van der Waals surface area contributed by atoms with Gasteiger partial charge in [0.1, 0.15) is 24.1 Å². The van der Waals surface area contributed by atoms with Gasteiger partial charge < -0.3 is 33.9 Å². The first-order valence-electron chi connectivity index (χ1n) is 23.4. The van der Waals surface area contributed by atoms with E-state index in [4.69, 9.17) is 28.7 Å². The predicted octanol–water partition coefficient (Wildman–Crippen LogP) is 6.87. The van der Waals surface area contributed by atoms with Crippen molar-refractivity contribution in [1.29, 1.82) is 0 Å². The summed E-state index contributed by atoms with van der Waals surface area (Å²) in [6, 6.07) is 22.7. The molecule has 3 aromatic carbocycles. The van der Waals surface area contributed by atoms with Crippen LogP contribution >= 0.6 is 0 Å². The van der Waals surface area contributed by atoms with Gasteiger partial charge in [-0.05, 0) is 91.8 Å². The van der Waals surface area contributed by atoms with Gasteiger partial charge >= 0.3 is 0 Å². The quantitative estimate of drug-likeness (QED) is 0.0522. The summed E-state index contributed by atoms with van der Waals surface area (Å²) in [5.41, 5.74) is 4.64. The van der Waals surface area contributed by atoms with Crippen LogP contribution in [0.5, 0.6) is 11.5 Å². The van der Waals surface area contributed by atoms with Gasteiger partial charge in [0.25, 0.3) is 11.8 Å². The Morgan fingerprint density at radius 1 is 0.742 bits per heavy atom. The maximum atomic E-state index is 13.0. The van der Waals surface area contributed by atoms with Crippen molar-refractivity contribution in [2.75, 3.05) is 76.1 Å². The fraction of sp³-hybridized carbons (Fsp3) is 0.490. The minimum atomic E-state index is -0.975. The number of imide groups is 2. The average molecular weight is 903 g/mol. The van der Waals surface area contributed by atoms with Crippen LogP contribution in [0.25, 0.3) is 0 Å². The molecule has 3 fully saturated rings. The van der Waals surface area contributed by atoms with Crippen molar-refractivity contribution in [3.63, 3.8) is 0 Å². The van der Waals surface area contributed by atoms with E-state index in [2.05, 4.69) is 70.8 Å². The van der Waals surface area contributed by atoms with Gasteiger partial charge in [-0.15, -0.1) is 0 Å². The van der Waals surface area contributed by atoms with Gasteiger partial charge in [-0.2, -0.15) is 0 Å². The van der Waals surface area contributed by atoms with Crippen molar-refractivity contribution in [3.8, 4) is 11.5 Å². The molecule has 4 aliphatic heterocycles. The van der Waals surface area contributed by atoms with E-state index in [1.807, 2.05) is 24.4 Å². The zero-order valence-electron chi connectivity index (χ0n) is 38.2. The third kappa shape index (κ3) is 11.4. The molecule has 2 N–H and O–H groups in total. The van der Waals surface area contributed by atoms with Gasteiger partial charge in [0.2, 0.25) is 17.8 Å². The highest BCUT2D eigenvalue weighted by atomic mass is 16.5. The molecule has 1 unspecified atom stereocenters. The number of hydrogen-bond donors (Lipinski definition) is 2. The Morgan fingerprint density at radius 2 is 1.38 bits per heavy atom. The first-order chi connectivity index (χ1) is 32.1. The molecule has 1 atom stereocenters. The highest BCUT2D eigenvalue weighted by Gasteiger charge is 2.50. The summed E-state index contributed by atoms with van der Waals surface area (Å²) < 4.78 is 29.1. The summed E-state index contributed by atoms with van der Waals surface area (Å²) in [7, 11) is 0. The number of unbranched alkanes of at least 4 members (excludes halogenated alkanes) is 4. The van der Waals surface area contributed by atoms with E-state index in [0.717, 1.165) is 106 Å². The van der Waals surface area contributed by atoms with E-state index < -0.39 is 29.7 Å². The van der Waals surface area contributed by atoms with Crippen molar-refractivity contribution >= 4 is 35.3 Å². The number of nitrogens with zero attached hydrogens (tertiary/aromatic N) is 4. The van der Waals surface area contributed by atoms with E-state index >= 15 is 0 Å². The fourth-order valence-electron chi connectivity index (χ4n) is 8.84. The normalized spacial score (nSPS) is 17.6. The number of benzene rings is 3. The Bertz CT molecular complexity index is 2310. The zero-order valence-corrected chi connectivity index (χ0v) is 38.2. The number of aromatic nitrogens is 2. The molecule has 0 bridgehead atoms. The van der Waals surface area contributed by atoms with Gasteiger partial charge in [0.05, 0.1) is 42.1 Å². The SMILES string of the molecule is CC(C)(c1ccc(OCCCCCCCOCCCOCCCNc2ccc3c(c2)C(=O)N(C2CCC(=O)NC2=O)C3=O)cc1)c1ccc(OCc2ccnc(N3CC4(COC4)C3)n2)cc1. The van der Waals surface area contributed by atoms with Crippen LogP contribution in [0, 0.1) is 5.41 Å². The van der Waals surface area contributed by atoms with Gasteiger partial charge in [0, 0.05) is 69.8 Å². The Hall–Kier alpha value is -5.90. The fourth-order valence-corrected chi connectivity index (χ4v) is 8.84. The Balaban J connectivity index is 0.616. The maximum Gasteiger partial charge on any atom is 0.262 e. The summed E-state index contributed by atoms with van der Waals surface area (Å²) in [6.07, 6.45) is 9.08. The van der Waals surface area contributed by atoms with Crippen LogP contribution in [-0.2, 0) is 35.8 Å². The zero-order chi connectivity index (χ0) is 45.9. The molecule has 5 heterocycles. The number of anilines is 2. The third-order valence-electron chi connectivity index (χ3n) is 12.9. The smallest absolute Gasteiger partial charge is 0.262 e. The first kappa shape index (κ1) is 46.6. The summed E-state index contributed by atoms with van der Waals surface area (Å²) >= 11 is 0. The highest BCUT2D eigenvalue weighted by molar-refractivity contribution is 6.23. The average Bonchev–Trinajstić information content (AvgIpc) is 3.53. The lowest BCUT2D eigenvalue weighted by Gasteiger charge is -2.54. The number of fused-ring (bicyclic) bond motifs is 1. The lowest BCUT2D eigenvalue weighted by Crippen LogP contribution is -2.66. The van der Waals surface area contributed by atoms with Crippen LogP contribution in [-0.4, -0.2) is 110 Å². The summed E-state index contributed by atoms with van der Waals surface area (Å²) in [5.74, 6) is 0.414. The topological polar surface area (TPSA) is 171 Å². The van der Waals surface area contributed by atoms with Gasteiger partial charge in [-0.1, -0.05) is 57.4 Å². The molecular weight excluding hydrogens is 841 g/mol. The summed E-state index contributed by atoms with van der Waals surface area (Å²) in [4.78, 5) is 62.1. The van der Waals surface area contributed by atoms with Crippen molar-refractivity contribution in [2.24, 2.45) is 5.41 Å². The van der Waals surface area contributed by atoms with E-state index in [1.54, 1.807) is 18.2 Å². The predicted molar refractivity (Wildman–Crippen MR) is 248 cm³/mol. The molecule has 1 aromatic heterocycles. The molecule has 15 heteroatoms. The molecule has 4 aliphatic rings. The first-order valence-corrected chi connectivity index (χ1v) is 23.4. The molecule has 0 radical (unpaired) electrons. The number of carbonyl (C=O) groups is 4. The van der Waals surface area contributed by atoms with Crippen LogP contribution < -0.4 is 25.0 Å². The number of piperidine rings is 1. The molecule has 4 amide bonds. The van der Waals surface area contributed by atoms with Crippen LogP contribution in [0.2, 0.25) is 0 Å². The molecule has 0 aliphatic carbocycles. The minimum Gasteiger partial charge on any atom is -0.494 e. The standard InChI is InChI=1S/C51H62N6O9/c1-50(2,37-12-17-41(18-13-37)66-31-39-22-24-53-49(54-39)56-32-51(33-56)34-64-35-51)36-10-15-40(16-11-36)65-29-7-5-3-4-6-25-62-27-9-28-63-26-8-23-52-38-14-19-42-43(30-38)48(61)57(47(42)60)44-20-21-45(58)55-46(44)59/h10-19,22,24,30,44,52H,3-9,20-21,23,25-29,31-35H2,1-2H3,(H,55,58,59). The number of carbonyl (C=O) groups excluding carboxylic acids is 4. The van der Waals surface area contributed by atoms with Crippen molar-refractivity contribution in [1.82, 2.24) is 20.2 Å². The molecule has 8 rings (SSSR count). The second-order valence-corrected chi connectivity index (χ2v) is 18.3. The van der Waals surface area contributed by atoms with Crippen LogP contribution in [0.1, 0.15) is 109 Å². The lowest BCUT2D eigenvalue weighted by molar-refractivity contribution is -0.136. The van der Waals surface area contributed by atoms with E-state index in [-0.39, 0.29) is 29.4 Å². The van der Waals surface area contributed by atoms with E-state index in [9.17, 15) is 19.2 Å². The number of hydrogen-bond acceptors (Lipinski definition) is 13. The minimum absolute atomic E-state index is 0.0879. The van der Waals surface area contributed by atoms with E-state index in [1.165, 1.54) is 11.1 Å². The second kappa shape index (κ2) is 21.6. The van der Waals surface area contributed by atoms with Gasteiger partial charge in [-0.25, -0.2) is 9.97 Å². The largest absolute Gasteiger partial charge is 0.494 e. The van der Waals surface area contributed by atoms with E-state index in [0.29, 0.717) is 50.7 Å². The molecule has 0 saturated carbocycles. The maximum absolute atomic E-state index is 13.0. The van der Waals surface area contributed by atoms with Gasteiger partial charge in [0.15, 0.2) is 0 Å². The molecule has 15 nitrogen and oxygen atoms in total. The number of ether oxygens (including phenoxy) is 5. The molecule has 3 saturated heterocycles. The second-order valence-electron chi connectivity index (χ2n) is 18.3. The molecular formula is C51H62N6O9. The Morgan fingerprint density at radius 3 is 2.06 bits per heavy atom. The third-order valence-corrected chi connectivity index (χ3v) is 12.9. The van der Waals surface area contributed by atoms with Crippen LogP contribution in [0.3, 0.4) is 0 Å². The monoisotopic (exact) mass is 902 g/mol. The summed E-state index contributed by atoms with van der Waals surface area (Å²) in [5, 5.41) is 5.49. The molecule has 350 valence electrons. The van der Waals surface area contributed by atoms with Crippen LogP contribution in [0.15, 0.2) is 79.0 Å².